The molecule has 0 N–H and O–H groups in total. The van der Waals surface area contributed by atoms with Crippen LogP contribution >= 0.6 is 50.5 Å². The second kappa shape index (κ2) is 4.88. The van der Waals surface area contributed by atoms with Crippen molar-refractivity contribution in [3.05, 3.63) is 54.6 Å². The van der Waals surface area contributed by atoms with Gasteiger partial charge in [-0.3, -0.25) is 4.79 Å². The molecular weight excluding hydrogens is 331 g/mol. The van der Waals surface area contributed by atoms with Gasteiger partial charge in [0.05, 0.1) is 15.6 Å². The quantitative estimate of drug-likeness (QED) is 0.702. The number of hydrogen-bond acceptors (Lipinski definition) is 2. The van der Waals surface area contributed by atoms with E-state index in [-0.39, 0.29) is 5.78 Å². The fourth-order valence-corrected chi connectivity index (χ4v) is 3.32. The Labute approximate surface area is 115 Å². The van der Waals surface area contributed by atoms with Gasteiger partial charge < -0.3 is 0 Å². The van der Waals surface area contributed by atoms with Crippen molar-refractivity contribution in [2.24, 2.45) is 0 Å². The zero-order valence-electron chi connectivity index (χ0n) is 7.84. The molecule has 0 saturated carbocycles. The van der Waals surface area contributed by atoms with Crippen molar-refractivity contribution in [3.63, 3.8) is 0 Å². The fourth-order valence-electron chi connectivity index (χ4n) is 1.29. The van der Waals surface area contributed by atoms with Crippen molar-refractivity contribution in [1.82, 2.24) is 0 Å². The molecule has 0 unspecified atom stereocenters. The molecule has 0 spiro atoms. The molecule has 0 aliphatic heterocycles. The Kier molecular flexibility index (Phi) is 3.70. The molecule has 5 heteroatoms. The third kappa shape index (κ3) is 2.18. The Hall–Kier alpha value is -0.350. The van der Waals surface area contributed by atoms with Crippen LogP contribution in [0.1, 0.15) is 15.9 Å². The van der Waals surface area contributed by atoms with E-state index in [1.807, 2.05) is 5.38 Å². The maximum atomic E-state index is 12.2. The first-order chi connectivity index (χ1) is 7.61. The number of hydrogen-bond donors (Lipinski definition) is 0. The number of carbonyl (C=O) groups is 1. The minimum atomic E-state index is -0.163. The standard InChI is InChI=1S/C11H5BrCl2OS/c12-7-5-16-4-6(7)11(15)10-8(13)2-1-3-9(10)14/h1-5H. The summed E-state index contributed by atoms with van der Waals surface area (Å²) in [6, 6.07) is 5.02. The van der Waals surface area contributed by atoms with Crippen molar-refractivity contribution in [2.45, 2.75) is 0 Å². The van der Waals surface area contributed by atoms with E-state index in [1.54, 1.807) is 23.6 Å². The predicted molar refractivity (Wildman–Crippen MR) is 71.9 cm³/mol. The van der Waals surface area contributed by atoms with E-state index in [9.17, 15) is 4.79 Å². The van der Waals surface area contributed by atoms with E-state index < -0.39 is 0 Å². The van der Waals surface area contributed by atoms with E-state index in [1.165, 1.54) is 11.3 Å². The van der Waals surface area contributed by atoms with E-state index in [0.717, 1.165) is 4.47 Å². The first-order valence-electron chi connectivity index (χ1n) is 4.31. The highest BCUT2D eigenvalue weighted by atomic mass is 79.9. The topological polar surface area (TPSA) is 17.1 Å². The predicted octanol–water partition coefficient (Wildman–Crippen LogP) is 5.05. The van der Waals surface area contributed by atoms with Crippen molar-refractivity contribution in [2.75, 3.05) is 0 Å². The lowest BCUT2D eigenvalue weighted by atomic mass is 10.1. The van der Waals surface area contributed by atoms with Crippen LogP contribution in [0, 0.1) is 0 Å². The molecule has 1 heterocycles. The molecule has 1 nitrogen and oxygen atoms in total. The van der Waals surface area contributed by atoms with Crippen LogP contribution in [0.5, 0.6) is 0 Å². The minimum absolute atomic E-state index is 0.163. The van der Waals surface area contributed by atoms with Crippen LogP contribution in [0.15, 0.2) is 33.4 Å². The normalized spacial score (nSPS) is 10.4. The van der Waals surface area contributed by atoms with Gasteiger partial charge in [0, 0.05) is 20.8 Å². The number of carbonyl (C=O) groups excluding carboxylic acids is 1. The third-order valence-electron chi connectivity index (χ3n) is 2.05. The van der Waals surface area contributed by atoms with Crippen molar-refractivity contribution in [3.8, 4) is 0 Å². The van der Waals surface area contributed by atoms with Crippen LogP contribution in [0.25, 0.3) is 0 Å². The highest BCUT2D eigenvalue weighted by Crippen LogP contribution is 2.30. The molecule has 0 saturated heterocycles. The lowest BCUT2D eigenvalue weighted by Crippen LogP contribution is -2.02. The summed E-state index contributed by atoms with van der Waals surface area (Å²) in [5.74, 6) is -0.163. The van der Waals surface area contributed by atoms with Gasteiger partial charge >= 0.3 is 0 Å². The van der Waals surface area contributed by atoms with Gasteiger partial charge in [0.15, 0.2) is 5.78 Å². The van der Waals surface area contributed by atoms with Crippen LogP contribution in [-0.2, 0) is 0 Å². The molecule has 0 fully saturated rings. The maximum absolute atomic E-state index is 12.2. The van der Waals surface area contributed by atoms with Gasteiger partial charge in [-0.05, 0) is 28.1 Å². The fraction of sp³-hybridized carbons (Fsp3) is 0. The first-order valence-corrected chi connectivity index (χ1v) is 6.81. The first kappa shape index (κ1) is 12.1. The van der Waals surface area contributed by atoms with Gasteiger partial charge in [0.1, 0.15) is 0 Å². The Bertz CT molecular complexity index is 530. The molecule has 0 aliphatic carbocycles. The molecule has 82 valence electrons. The Morgan fingerprint density at radius 3 is 2.31 bits per heavy atom. The Balaban J connectivity index is 2.54. The summed E-state index contributed by atoms with van der Waals surface area (Å²) in [6.45, 7) is 0. The van der Waals surface area contributed by atoms with Crippen LogP contribution in [0.3, 0.4) is 0 Å². The van der Waals surface area contributed by atoms with Crippen molar-refractivity contribution in [1.29, 1.82) is 0 Å². The van der Waals surface area contributed by atoms with Gasteiger partial charge in [-0.25, -0.2) is 0 Å². The van der Waals surface area contributed by atoms with Gasteiger partial charge in [-0.2, -0.15) is 11.3 Å². The SMILES string of the molecule is O=C(c1cscc1Br)c1c(Cl)cccc1Cl. The molecule has 0 bridgehead atoms. The number of ketones is 1. The average molecular weight is 336 g/mol. The maximum Gasteiger partial charge on any atom is 0.198 e. The molecule has 16 heavy (non-hydrogen) atoms. The minimum Gasteiger partial charge on any atom is -0.288 e. The van der Waals surface area contributed by atoms with Crippen LogP contribution < -0.4 is 0 Å². The summed E-state index contributed by atoms with van der Waals surface area (Å²) in [7, 11) is 0. The van der Waals surface area contributed by atoms with Gasteiger partial charge in [0.25, 0.3) is 0 Å². The van der Waals surface area contributed by atoms with Gasteiger partial charge in [0.2, 0.25) is 0 Å². The number of halogens is 3. The summed E-state index contributed by atoms with van der Waals surface area (Å²) in [6.07, 6.45) is 0. The largest absolute Gasteiger partial charge is 0.288 e. The van der Waals surface area contributed by atoms with E-state index in [0.29, 0.717) is 21.2 Å². The molecule has 2 rings (SSSR count). The van der Waals surface area contributed by atoms with Crippen LogP contribution in [0.4, 0.5) is 0 Å². The molecule has 1 aromatic heterocycles. The smallest absolute Gasteiger partial charge is 0.198 e. The summed E-state index contributed by atoms with van der Waals surface area (Å²) in [4.78, 5) is 12.2. The molecule has 0 radical (unpaired) electrons. The number of benzene rings is 1. The molecule has 1 aromatic carbocycles. The van der Waals surface area contributed by atoms with Crippen molar-refractivity contribution < 1.29 is 4.79 Å². The van der Waals surface area contributed by atoms with E-state index in [2.05, 4.69) is 15.9 Å². The second-order valence-corrected chi connectivity index (χ2v) is 5.47. The molecule has 0 amide bonds. The molecule has 0 aliphatic rings. The summed E-state index contributed by atoms with van der Waals surface area (Å²) in [5, 5.41) is 4.36. The summed E-state index contributed by atoms with van der Waals surface area (Å²) >= 11 is 16.7. The third-order valence-corrected chi connectivity index (χ3v) is 4.38. The van der Waals surface area contributed by atoms with Gasteiger partial charge in [-0.1, -0.05) is 29.3 Å². The van der Waals surface area contributed by atoms with Crippen LogP contribution in [0.2, 0.25) is 10.0 Å². The van der Waals surface area contributed by atoms with E-state index in [4.69, 9.17) is 23.2 Å². The summed E-state index contributed by atoms with van der Waals surface area (Å²) in [5.41, 5.74) is 0.935. The molecular formula is C11H5BrCl2OS. The van der Waals surface area contributed by atoms with Crippen molar-refractivity contribution >= 4 is 56.3 Å². The summed E-state index contributed by atoms with van der Waals surface area (Å²) < 4.78 is 0.762. The Morgan fingerprint density at radius 2 is 1.81 bits per heavy atom. The van der Waals surface area contributed by atoms with Crippen LogP contribution in [-0.4, -0.2) is 5.78 Å². The molecule has 2 aromatic rings. The van der Waals surface area contributed by atoms with E-state index >= 15 is 0 Å². The Morgan fingerprint density at radius 1 is 1.19 bits per heavy atom. The number of rotatable bonds is 2. The highest BCUT2D eigenvalue weighted by Gasteiger charge is 2.19. The lowest BCUT2D eigenvalue weighted by molar-refractivity contribution is 0.103. The zero-order chi connectivity index (χ0) is 11.7. The second-order valence-electron chi connectivity index (χ2n) is 3.06. The number of thiophene rings is 1. The average Bonchev–Trinajstić information content (AvgIpc) is 2.64. The highest BCUT2D eigenvalue weighted by molar-refractivity contribution is 9.10. The molecule has 0 atom stereocenters. The monoisotopic (exact) mass is 334 g/mol. The zero-order valence-corrected chi connectivity index (χ0v) is 11.8. The lowest BCUT2D eigenvalue weighted by Gasteiger charge is -2.04. The van der Waals surface area contributed by atoms with Gasteiger partial charge in [-0.15, -0.1) is 0 Å².